The number of nitrogens with zero attached hydrogens (tertiary/aromatic N) is 1. The van der Waals surface area contributed by atoms with Gasteiger partial charge in [0.25, 0.3) is 5.91 Å². The fourth-order valence-corrected chi connectivity index (χ4v) is 3.61. The van der Waals surface area contributed by atoms with Gasteiger partial charge in [-0.05, 0) is 36.8 Å². The quantitative estimate of drug-likeness (QED) is 0.732. The molecule has 0 aliphatic carbocycles. The summed E-state index contributed by atoms with van der Waals surface area (Å²) in [5.41, 5.74) is 4.43. The first-order chi connectivity index (χ1) is 13.1. The predicted octanol–water partition coefficient (Wildman–Crippen LogP) is 2.81. The fourth-order valence-electron chi connectivity index (χ4n) is 3.61. The summed E-state index contributed by atoms with van der Waals surface area (Å²) in [6.07, 6.45) is 2.71. The molecule has 1 atom stereocenters. The molecule has 2 aromatic carbocycles. The van der Waals surface area contributed by atoms with Crippen LogP contribution in [0.5, 0.6) is 0 Å². The molecule has 2 aromatic rings. The second-order valence-electron chi connectivity index (χ2n) is 6.88. The van der Waals surface area contributed by atoms with Crippen LogP contribution in [0.25, 0.3) is 5.57 Å². The molecule has 27 heavy (non-hydrogen) atoms. The van der Waals surface area contributed by atoms with Crippen molar-refractivity contribution in [3.05, 3.63) is 60.3 Å². The van der Waals surface area contributed by atoms with Crippen LogP contribution < -0.4 is 20.9 Å². The standard InChI is InChI=1S/C21H22N4O2/c1-14(26)23-16-10-11-25(13-16)17-8-6-15(7-9-17)22-12-19-18-4-2-3-5-20(18)24-21(19)27/h2-9,12,16,22H,10-11,13H2,1H3,(H,23,26)(H,24,27). The molecular weight excluding hydrogens is 340 g/mol. The van der Waals surface area contributed by atoms with E-state index in [1.165, 1.54) is 0 Å². The van der Waals surface area contributed by atoms with E-state index in [-0.39, 0.29) is 17.9 Å². The van der Waals surface area contributed by atoms with E-state index in [1.807, 2.05) is 36.4 Å². The lowest BCUT2D eigenvalue weighted by Crippen LogP contribution is -2.35. The maximum absolute atomic E-state index is 12.1. The van der Waals surface area contributed by atoms with Crippen molar-refractivity contribution in [2.24, 2.45) is 0 Å². The highest BCUT2D eigenvalue weighted by atomic mass is 16.2. The van der Waals surface area contributed by atoms with Crippen molar-refractivity contribution in [2.75, 3.05) is 28.6 Å². The summed E-state index contributed by atoms with van der Waals surface area (Å²) in [5, 5.41) is 9.05. The number of rotatable bonds is 4. The molecule has 138 valence electrons. The molecule has 4 rings (SSSR count). The zero-order valence-electron chi connectivity index (χ0n) is 15.2. The Balaban J connectivity index is 1.42. The molecule has 0 bridgehead atoms. The van der Waals surface area contributed by atoms with Gasteiger partial charge in [-0.1, -0.05) is 18.2 Å². The van der Waals surface area contributed by atoms with Crippen LogP contribution >= 0.6 is 0 Å². The molecule has 1 unspecified atom stereocenters. The fraction of sp³-hybridized carbons (Fsp3) is 0.238. The van der Waals surface area contributed by atoms with Crippen LogP contribution in [0.4, 0.5) is 17.1 Å². The summed E-state index contributed by atoms with van der Waals surface area (Å²) in [7, 11) is 0. The largest absolute Gasteiger partial charge is 0.369 e. The number of fused-ring (bicyclic) bond motifs is 1. The maximum atomic E-state index is 12.1. The van der Waals surface area contributed by atoms with Crippen molar-refractivity contribution in [1.29, 1.82) is 0 Å². The topological polar surface area (TPSA) is 73.5 Å². The predicted molar refractivity (Wildman–Crippen MR) is 108 cm³/mol. The Hall–Kier alpha value is -3.28. The van der Waals surface area contributed by atoms with Gasteiger partial charge in [0.1, 0.15) is 0 Å². The minimum absolute atomic E-state index is 0.0203. The minimum Gasteiger partial charge on any atom is -0.369 e. The van der Waals surface area contributed by atoms with E-state index in [0.29, 0.717) is 5.57 Å². The zero-order chi connectivity index (χ0) is 18.8. The van der Waals surface area contributed by atoms with Crippen LogP contribution in [-0.4, -0.2) is 30.9 Å². The van der Waals surface area contributed by atoms with Crippen LogP contribution in [0, 0.1) is 0 Å². The number of hydrogen-bond acceptors (Lipinski definition) is 4. The molecular formula is C21H22N4O2. The van der Waals surface area contributed by atoms with Gasteiger partial charge >= 0.3 is 0 Å². The Morgan fingerprint density at radius 1 is 1.19 bits per heavy atom. The Kier molecular flexibility index (Phi) is 4.54. The van der Waals surface area contributed by atoms with Gasteiger partial charge in [-0.15, -0.1) is 0 Å². The number of hydrogen-bond donors (Lipinski definition) is 3. The summed E-state index contributed by atoms with van der Waals surface area (Å²) in [4.78, 5) is 25.6. The Morgan fingerprint density at radius 3 is 2.74 bits per heavy atom. The third-order valence-corrected chi connectivity index (χ3v) is 4.92. The van der Waals surface area contributed by atoms with Gasteiger partial charge in [0.15, 0.2) is 0 Å². The van der Waals surface area contributed by atoms with Crippen molar-refractivity contribution >= 4 is 34.4 Å². The van der Waals surface area contributed by atoms with Crippen molar-refractivity contribution < 1.29 is 9.59 Å². The van der Waals surface area contributed by atoms with Gasteiger partial charge in [0.05, 0.1) is 5.57 Å². The third-order valence-electron chi connectivity index (χ3n) is 4.92. The van der Waals surface area contributed by atoms with Crippen LogP contribution in [0.2, 0.25) is 0 Å². The highest BCUT2D eigenvalue weighted by molar-refractivity contribution is 6.31. The Labute approximate surface area is 158 Å². The lowest BCUT2D eigenvalue weighted by Gasteiger charge is -2.19. The molecule has 0 radical (unpaired) electrons. The number of nitrogens with one attached hydrogen (secondary N) is 3. The highest BCUT2D eigenvalue weighted by Crippen LogP contribution is 2.31. The molecule has 2 aliphatic heterocycles. The Morgan fingerprint density at radius 2 is 1.96 bits per heavy atom. The SMILES string of the molecule is CC(=O)NC1CCN(c2ccc(NC=C3C(=O)Nc4ccccc43)cc2)C1. The molecule has 6 heteroatoms. The van der Waals surface area contributed by atoms with Crippen molar-refractivity contribution in [2.45, 2.75) is 19.4 Å². The van der Waals surface area contributed by atoms with Crippen LogP contribution in [0.1, 0.15) is 18.9 Å². The molecule has 1 fully saturated rings. The summed E-state index contributed by atoms with van der Waals surface area (Å²) < 4.78 is 0. The molecule has 0 aromatic heterocycles. The number of carbonyl (C=O) groups excluding carboxylic acids is 2. The molecule has 0 saturated carbocycles. The maximum Gasteiger partial charge on any atom is 0.257 e. The smallest absolute Gasteiger partial charge is 0.257 e. The number of amides is 2. The second-order valence-corrected chi connectivity index (χ2v) is 6.88. The highest BCUT2D eigenvalue weighted by Gasteiger charge is 2.24. The van der Waals surface area contributed by atoms with E-state index in [2.05, 4.69) is 33.0 Å². The van der Waals surface area contributed by atoms with Crippen molar-refractivity contribution in [1.82, 2.24) is 5.32 Å². The Bertz CT molecular complexity index is 905. The summed E-state index contributed by atoms with van der Waals surface area (Å²) >= 11 is 0. The van der Waals surface area contributed by atoms with E-state index < -0.39 is 0 Å². The number of para-hydroxylation sites is 1. The van der Waals surface area contributed by atoms with Gasteiger partial charge in [-0.3, -0.25) is 9.59 Å². The minimum atomic E-state index is -0.0959. The van der Waals surface area contributed by atoms with E-state index in [4.69, 9.17) is 0 Å². The lowest BCUT2D eigenvalue weighted by atomic mass is 10.1. The average Bonchev–Trinajstić information content (AvgIpc) is 3.23. The van der Waals surface area contributed by atoms with Gasteiger partial charge < -0.3 is 20.9 Å². The van der Waals surface area contributed by atoms with E-state index in [1.54, 1.807) is 13.1 Å². The van der Waals surface area contributed by atoms with Crippen LogP contribution in [0.3, 0.4) is 0 Å². The van der Waals surface area contributed by atoms with E-state index in [9.17, 15) is 9.59 Å². The number of carbonyl (C=O) groups is 2. The molecule has 2 amide bonds. The molecule has 2 heterocycles. The third kappa shape index (κ3) is 3.65. The van der Waals surface area contributed by atoms with Crippen molar-refractivity contribution in [3.8, 4) is 0 Å². The molecule has 0 spiro atoms. The van der Waals surface area contributed by atoms with E-state index in [0.717, 1.165) is 42.1 Å². The summed E-state index contributed by atoms with van der Waals surface area (Å²) in [5.74, 6) is -0.0756. The van der Waals surface area contributed by atoms with Gasteiger partial charge in [0, 0.05) is 54.9 Å². The molecule has 3 N–H and O–H groups in total. The first-order valence-electron chi connectivity index (χ1n) is 9.10. The van der Waals surface area contributed by atoms with Crippen LogP contribution in [0.15, 0.2) is 54.7 Å². The zero-order valence-corrected chi connectivity index (χ0v) is 15.2. The molecule has 6 nitrogen and oxygen atoms in total. The lowest BCUT2D eigenvalue weighted by molar-refractivity contribution is -0.119. The number of benzene rings is 2. The first-order valence-corrected chi connectivity index (χ1v) is 9.10. The number of anilines is 3. The average molecular weight is 362 g/mol. The first kappa shape index (κ1) is 17.1. The van der Waals surface area contributed by atoms with Gasteiger partial charge in [-0.2, -0.15) is 0 Å². The van der Waals surface area contributed by atoms with E-state index >= 15 is 0 Å². The summed E-state index contributed by atoms with van der Waals surface area (Å²) in [6, 6.07) is 16.0. The normalized spacial score (nSPS) is 19.7. The van der Waals surface area contributed by atoms with Crippen LogP contribution in [-0.2, 0) is 9.59 Å². The molecule has 2 aliphatic rings. The van der Waals surface area contributed by atoms with Gasteiger partial charge in [0.2, 0.25) is 5.91 Å². The monoisotopic (exact) mass is 362 g/mol. The second kappa shape index (κ2) is 7.15. The molecule has 1 saturated heterocycles. The van der Waals surface area contributed by atoms with Crippen molar-refractivity contribution in [3.63, 3.8) is 0 Å². The van der Waals surface area contributed by atoms with Gasteiger partial charge in [-0.25, -0.2) is 0 Å². The summed E-state index contributed by atoms with van der Waals surface area (Å²) in [6.45, 7) is 3.31.